The van der Waals surface area contributed by atoms with Crippen molar-refractivity contribution in [3.8, 4) is 5.75 Å². The van der Waals surface area contributed by atoms with Gasteiger partial charge in [-0.25, -0.2) is 0 Å². The van der Waals surface area contributed by atoms with E-state index in [-0.39, 0.29) is 6.54 Å². The van der Waals surface area contributed by atoms with Gasteiger partial charge in [-0.2, -0.15) is 18.3 Å². The van der Waals surface area contributed by atoms with Gasteiger partial charge in [0.1, 0.15) is 5.75 Å². The molecule has 0 radical (unpaired) electrons. The number of nitrogens with zero attached hydrogens (tertiary/aromatic N) is 3. The maximum Gasteiger partial charge on any atom is 0.435 e. The fourth-order valence-electron chi connectivity index (χ4n) is 2.17. The fourth-order valence-corrected chi connectivity index (χ4v) is 2.17. The van der Waals surface area contributed by atoms with Crippen LogP contribution in [0.25, 0.3) is 0 Å². The first-order chi connectivity index (χ1) is 11.3. The van der Waals surface area contributed by atoms with Gasteiger partial charge in [-0.05, 0) is 18.6 Å². The molecule has 0 N–H and O–H groups in total. The topological polar surface area (TPSA) is 47.4 Å². The summed E-state index contributed by atoms with van der Waals surface area (Å²) in [5, 5.41) is 3.34. The monoisotopic (exact) mass is 341 g/mol. The van der Waals surface area contributed by atoms with E-state index in [2.05, 4.69) is 5.10 Å². The molecule has 130 valence electrons. The molecule has 0 unspecified atom stereocenters. The van der Waals surface area contributed by atoms with E-state index in [4.69, 9.17) is 4.74 Å². The van der Waals surface area contributed by atoms with Gasteiger partial charge >= 0.3 is 6.18 Å². The highest BCUT2D eigenvalue weighted by Gasteiger charge is 2.39. The number of amides is 1. The molecule has 1 heterocycles. The molecular weight excluding hydrogens is 323 g/mol. The van der Waals surface area contributed by atoms with Crippen LogP contribution >= 0.6 is 0 Å². The number of carbonyl (C=O) groups is 1. The van der Waals surface area contributed by atoms with Gasteiger partial charge in [0.15, 0.2) is 5.69 Å². The molecule has 0 bridgehead atoms. The number of alkyl halides is 3. The fraction of sp³-hybridized carbons (Fsp3) is 0.375. The Morgan fingerprint density at radius 1 is 1.29 bits per heavy atom. The van der Waals surface area contributed by atoms with Crippen LogP contribution in [0.2, 0.25) is 0 Å². The van der Waals surface area contributed by atoms with Gasteiger partial charge in [-0.15, -0.1) is 0 Å². The first-order valence-corrected chi connectivity index (χ1v) is 7.33. The predicted molar refractivity (Wildman–Crippen MR) is 81.7 cm³/mol. The summed E-state index contributed by atoms with van der Waals surface area (Å²) in [5.41, 5.74) is -1.61. The molecule has 2 rings (SSSR count). The average molecular weight is 341 g/mol. The first kappa shape index (κ1) is 17.8. The Balaban J connectivity index is 1.91. The van der Waals surface area contributed by atoms with Crippen molar-refractivity contribution < 1.29 is 22.7 Å². The van der Waals surface area contributed by atoms with Crippen molar-refractivity contribution in [2.45, 2.75) is 12.6 Å². The van der Waals surface area contributed by atoms with E-state index in [1.165, 1.54) is 19.0 Å². The molecule has 5 nitrogen and oxygen atoms in total. The molecule has 1 amide bonds. The van der Waals surface area contributed by atoms with E-state index >= 15 is 0 Å². The summed E-state index contributed by atoms with van der Waals surface area (Å²) in [5.74, 6) is -0.00627. The van der Waals surface area contributed by atoms with E-state index in [0.717, 1.165) is 10.9 Å². The number of benzene rings is 1. The first-order valence-electron chi connectivity index (χ1n) is 7.33. The maximum atomic E-state index is 12.9. The third-order valence-electron chi connectivity index (χ3n) is 3.32. The van der Waals surface area contributed by atoms with E-state index in [9.17, 15) is 18.0 Å². The van der Waals surface area contributed by atoms with Gasteiger partial charge in [-0.1, -0.05) is 18.2 Å². The van der Waals surface area contributed by atoms with Crippen molar-refractivity contribution in [1.29, 1.82) is 0 Å². The lowest BCUT2D eigenvalue weighted by atomic mass is 10.2. The third kappa shape index (κ3) is 4.50. The molecule has 1 aromatic heterocycles. The number of hydrogen-bond donors (Lipinski definition) is 0. The Kier molecular flexibility index (Phi) is 5.48. The van der Waals surface area contributed by atoms with Crippen molar-refractivity contribution in [2.75, 3.05) is 20.2 Å². The van der Waals surface area contributed by atoms with Gasteiger partial charge < -0.3 is 9.64 Å². The van der Waals surface area contributed by atoms with Gasteiger partial charge in [-0.3, -0.25) is 9.48 Å². The number of para-hydroxylation sites is 1. The zero-order valence-electron chi connectivity index (χ0n) is 13.4. The van der Waals surface area contributed by atoms with Gasteiger partial charge in [0.05, 0.1) is 12.2 Å². The summed E-state index contributed by atoms with van der Waals surface area (Å²) < 4.78 is 45.2. The molecule has 8 heteroatoms. The van der Waals surface area contributed by atoms with Crippen molar-refractivity contribution in [3.05, 3.63) is 47.8 Å². The van der Waals surface area contributed by atoms with Crippen LogP contribution in [0.4, 0.5) is 13.2 Å². The highest BCUT2D eigenvalue weighted by molar-refractivity contribution is 5.95. The van der Waals surface area contributed by atoms with Crippen LogP contribution in [-0.4, -0.2) is 40.8 Å². The number of aryl methyl sites for hydroxylation is 1. The predicted octanol–water partition coefficient (Wildman–Crippen LogP) is 2.98. The van der Waals surface area contributed by atoms with E-state index in [1.807, 2.05) is 18.2 Å². The summed E-state index contributed by atoms with van der Waals surface area (Å²) >= 11 is 0. The van der Waals surface area contributed by atoms with E-state index in [1.54, 1.807) is 12.1 Å². The molecular formula is C16H18F3N3O2. The van der Waals surface area contributed by atoms with Crippen molar-refractivity contribution >= 4 is 5.91 Å². The van der Waals surface area contributed by atoms with Gasteiger partial charge in [0.25, 0.3) is 5.91 Å². The Morgan fingerprint density at radius 2 is 1.96 bits per heavy atom. The Labute approximate surface area is 137 Å². The minimum Gasteiger partial charge on any atom is -0.494 e. The lowest BCUT2D eigenvalue weighted by Crippen LogP contribution is -2.30. The van der Waals surface area contributed by atoms with E-state index < -0.39 is 23.3 Å². The molecule has 0 aliphatic carbocycles. The highest BCUT2D eigenvalue weighted by Crippen LogP contribution is 2.31. The maximum absolute atomic E-state index is 12.9. The molecule has 24 heavy (non-hydrogen) atoms. The molecule has 0 atom stereocenters. The second-order valence-corrected chi connectivity index (χ2v) is 5.30. The summed E-state index contributed by atoms with van der Waals surface area (Å²) in [6, 6.07) is 9.16. The number of hydrogen-bond acceptors (Lipinski definition) is 3. The molecule has 2 aromatic rings. The summed E-state index contributed by atoms with van der Waals surface area (Å²) in [6.45, 7) is 0.638. The van der Waals surface area contributed by atoms with Gasteiger partial charge in [0.2, 0.25) is 0 Å². The third-order valence-corrected chi connectivity index (χ3v) is 3.32. The van der Waals surface area contributed by atoms with Gasteiger partial charge in [0, 0.05) is 26.8 Å². The van der Waals surface area contributed by atoms with Crippen LogP contribution in [0.3, 0.4) is 0 Å². The van der Waals surface area contributed by atoms with Crippen molar-refractivity contribution in [2.24, 2.45) is 7.05 Å². The smallest absolute Gasteiger partial charge is 0.435 e. The van der Waals surface area contributed by atoms with Crippen LogP contribution in [0.5, 0.6) is 5.75 Å². The zero-order chi connectivity index (χ0) is 17.7. The van der Waals surface area contributed by atoms with Crippen LogP contribution < -0.4 is 4.74 Å². The molecule has 0 aliphatic rings. The minimum atomic E-state index is -4.66. The lowest BCUT2D eigenvalue weighted by Gasteiger charge is -2.17. The molecule has 1 aromatic carbocycles. The number of aromatic nitrogens is 2. The zero-order valence-corrected chi connectivity index (χ0v) is 13.4. The average Bonchev–Trinajstić information content (AvgIpc) is 2.94. The van der Waals surface area contributed by atoms with Crippen molar-refractivity contribution in [1.82, 2.24) is 14.7 Å². The van der Waals surface area contributed by atoms with E-state index in [0.29, 0.717) is 18.8 Å². The second kappa shape index (κ2) is 7.37. The number of carbonyl (C=O) groups excluding carboxylic acids is 1. The van der Waals surface area contributed by atoms with Crippen LogP contribution in [0.1, 0.15) is 22.5 Å². The van der Waals surface area contributed by atoms with Crippen molar-refractivity contribution in [3.63, 3.8) is 0 Å². The molecule has 0 saturated heterocycles. The second-order valence-electron chi connectivity index (χ2n) is 5.30. The SMILES string of the molecule is CN(CCCOc1ccccc1)C(=O)c1cn(C)nc1C(F)(F)F. The molecule has 0 aliphatic heterocycles. The molecule has 0 saturated carbocycles. The lowest BCUT2D eigenvalue weighted by molar-refractivity contribution is -0.141. The molecule has 0 spiro atoms. The quantitative estimate of drug-likeness (QED) is 0.759. The largest absolute Gasteiger partial charge is 0.494 e. The van der Waals surface area contributed by atoms with Crippen LogP contribution in [0, 0.1) is 0 Å². The standard InChI is InChI=1S/C16H18F3N3O2/c1-21(9-6-10-24-12-7-4-3-5-8-12)15(23)13-11-22(2)20-14(13)16(17,18)19/h3-5,7-8,11H,6,9-10H2,1-2H3. The Morgan fingerprint density at radius 3 is 2.58 bits per heavy atom. The highest BCUT2D eigenvalue weighted by atomic mass is 19.4. The number of halogens is 3. The normalized spacial score (nSPS) is 11.4. The summed E-state index contributed by atoms with van der Waals surface area (Å²) in [6.07, 6.45) is -3.08. The summed E-state index contributed by atoms with van der Waals surface area (Å²) in [7, 11) is 2.80. The Bertz CT molecular complexity index is 684. The Hall–Kier alpha value is -2.51. The molecule has 0 fully saturated rings. The van der Waals surface area contributed by atoms with Crippen LogP contribution in [0.15, 0.2) is 36.5 Å². The van der Waals surface area contributed by atoms with Crippen LogP contribution in [-0.2, 0) is 13.2 Å². The number of rotatable bonds is 6. The minimum absolute atomic E-state index is 0.276. The summed E-state index contributed by atoms with van der Waals surface area (Å²) in [4.78, 5) is 13.5. The number of ether oxygens (including phenoxy) is 1.